The average Bonchev–Trinajstić information content (AvgIpc) is 3.41. The van der Waals surface area contributed by atoms with Gasteiger partial charge in [-0.3, -0.25) is 9.58 Å². The molecule has 4 heterocycles. The third-order valence-electron chi connectivity index (χ3n) is 6.37. The van der Waals surface area contributed by atoms with E-state index >= 15 is 0 Å². The van der Waals surface area contributed by atoms with Gasteiger partial charge in [0.15, 0.2) is 6.10 Å². The number of piperidine rings is 1. The lowest BCUT2D eigenvalue weighted by molar-refractivity contribution is -0.153. The fourth-order valence-electron chi connectivity index (χ4n) is 4.68. The molecule has 34 heavy (non-hydrogen) atoms. The molecule has 188 valence electrons. The van der Waals surface area contributed by atoms with Crippen LogP contribution < -0.4 is 0 Å². The van der Waals surface area contributed by atoms with Crippen molar-refractivity contribution < 1.29 is 37.7 Å². The maximum atomic E-state index is 13.3. The standard InChI is InChI=1S/C22H28F3N3O5S/c1-3-32-20(31)16(29)11-28-10-14(8-26-28)9-27-5-4-21(7-13(27)2)19-15(17(30)12-33-21)6-18(34-19)22(23,24)25/h6,8,10,13,16-17,29-30H,3-5,7,9,11-12H2,1-2H3/t13-,16+,17+,21+/m0/s1. The first-order valence-corrected chi connectivity index (χ1v) is 12.0. The topological polar surface area (TPSA) is 97.1 Å². The molecule has 8 nitrogen and oxygen atoms in total. The van der Waals surface area contributed by atoms with Crippen LogP contribution in [0.2, 0.25) is 0 Å². The Bertz CT molecular complexity index is 1030. The molecule has 1 fully saturated rings. The van der Waals surface area contributed by atoms with E-state index in [1.807, 2.05) is 6.92 Å². The second-order valence-electron chi connectivity index (χ2n) is 8.83. The minimum atomic E-state index is -4.46. The zero-order chi connectivity index (χ0) is 24.7. The van der Waals surface area contributed by atoms with Gasteiger partial charge >= 0.3 is 12.1 Å². The summed E-state index contributed by atoms with van der Waals surface area (Å²) in [5.74, 6) is -0.700. The Hall–Kier alpha value is -1.99. The van der Waals surface area contributed by atoms with Crippen LogP contribution in [0.1, 0.15) is 53.7 Å². The fraction of sp³-hybridized carbons (Fsp3) is 0.636. The highest BCUT2D eigenvalue weighted by molar-refractivity contribution is 7.12. The van der Waals surface area contributed by atoms with Crippen LogP contribution >= 0.6 is 11.3 Å². The molecule has 0 radical (unpaired) electrons. The number of halogens is 3. The number of alkyl halides is 3. The molecule has 0 unspecified atom stereocenters. The minimum Gasteiger partial charge on any atom is -0.464 e. The molecular weight excluding hydrogens is 475 g/mol. The molecule has 4 atom stereocenters. The van der Waals surface area contributed by atoms with Crippen LogP contribution in [-0.4, -0.2) is 62.8 Å². The van der Waals surface area contributed by atoms with E-state index in [2.05, 4.69) is 10.00 Å². The Labute approximate surface area is 198 Å². The number of nitrogens with zero attached hydrogens (tertiary/aromatic N) is 3. The van der Waals surface area contributed by atoms with Crippen molar-refractivity contribution in [3.63, 3.8) is 0 Å². The number of rotatable bonds is 6. The van der Waals surface area contributed by atoms with E-state index in [1.165, 1.54) is 4.68 Å². The second kappa shape index (κ2) is 9.57. The number of aromatic nitrogens is 2. The summed E-state index contributed by atoms with van der Waals surface area (Å²) in [5.41, 5.74) is 0.368. The van der Waals surface area contributed by atoms with Gasteiger partial charge < -0.3 is 19.7 Å². The van der Waals surface area contributed by atoms with Crippen LogP contribution in [0, 0.1) is 0 Å². The summed E-state index contributed by atoms with van der Waals surface area (Å²) in [6.45, 7) is 4.95. The van der Waals surface area contributed by atoms with Crippen molar-refractivity contribution in [3.05, 3.63) is 39.3 Å². The van der Waals surface area contributed by atoms with Crippen LogP contribution in [0.15, 0.2) is 18.5 Å². The van der Waals surface area contributed by atoms with Crippen molar-refractivity contribution in [2.24, 2.45) is 0 Å². The number of hydrogen-bond donors (Lipinski definition) is 2. The van der Waals surface area contributed by atoms with Crippen molar-refractivity contribution in [1.29, 1.82) is 0 Å². The maximum Gasteiger partial charge on any atom is 0.425 e. The smallest absolute Gasteiger partial charge is 0.425 e. The highest BCUT2D eigenvalue weighted by Gasteiger charge is 2.48. The van der Waals surface area contributed by atoms with Gasteiger partial charge in [0.2, 0.25) is 0 Å². The van der Waals surface area contributed by atoms with Crippen LogP contribution in [0.3, 0.4) is 0 Å². The molecule has 2 N–H and O–H groups in total. The average molecular weight is 504 g/mol. The number of aliphatic hydroxyl groups excluding tert-OH is 2. The highest BCUT2D eigenvalue weighted by Crippen LogP contribution is 2.51. The zero-order valence-electron chi connectivity index (χ0n) is 18.9. The van der Waals surface area contributed by atoms with Crippen molar-refractivity contribution in [3.8, 4) is 0 Å². The number of esters is 1. The van der Waals surface area contributed by atoms with E-state index in [0.717, 1.165) is 11.6 Å². The van der Waals surface area contributed by atoms with E-state index in [-0.39, 0.29) is 25.8 Å². The third kappa shape index (κ3) is 5.01. The summed E-state index contributed by atoms with van der Waals surface area (Å²) in [5, 5.41) is 24.4. The van der Waals surface area contributed by atoms with Gasteiger partial charge in [0, 0.05) is 41.3 Å². The molecule has 0 saturated carbocycles. The Morgan fingerprint density at radius 1 is 1.47 bits per heavy atom. The summed E-state index contributed by atoms with van der Waals surface area (Å²) in [7, 11) is 0. The van der Waals surface area contributed by atoms with Gasteiger partial charge in [-0.1, -0.05) is 0 Å². The Kier molecular flexibility index (Phi) is 7.07. The first-order chi connectivity index (χ1) is 16.0. The molecule has 0 aliphatic carbocycles. The molecule has 12 heteroatoms. The van der Waals surface area contributed by atoms with Gasteiger partial charge in [-0.05, 0) is 32.8 Å². The first kappa shape index (κ1) is 25.1. The molecule has 2 aromatic heterocycles. The van der Waals surface area contributed by atoms with Gasteiger partial charge in [-0.2, -0.15) is 18.3 Å². The number of fused-ring (bicyclic) bond motifs is 2. The monoisotopic (exact) mass is 503 g/mol. The lowest BCUT2D eigenvalue weighted by Crippen LogP contribution is -2.50. The lowest BCUT2D eigenvalue weighted by Gasteiger charge is -2.47. The largest absolute Gasteiger partial charge is 0.464 e. The first-order valence-electron chi connectivity index (χ1n) is 11.2. The van der Waals surface area contributed by atoms with Gasteiger partial charge in [-0.25, -0.2) is 4.79 Å². The fourth-order valence-corrected chi connectivity index (χ4v) is 5.94. The molecular formula is C22H28F3N3O5S. The summed E-state index contributed by atoms with van der Waals surface area (Å²) >= 11 is 0.670. The third-order valence-corrected chi connectivity index (χ3v) is 7.75. The number of ether oxygens (including phenoxy) is 2. The van der Waals surface area contributed by atoms with Crippen molar-refractivity contribution in [2.75, 3.05) is 19.8 Å². The Morgan fingerprint density at radius 2 is 2.24 bits per heavy atom. The number of aliphatic hydroxyl groups is 2. The van der Waals surface area contributed by atoms with Crippen LogP contribution in [-0.2, 0) is 39.1 Å². The summed E-state index contributed by atoms with van der Waals surface area (Å²) < 4.78 is 52.3. The van der Waals surface area contributed by atoms with E-state index in [1.54, 1.807) is 19.3 Å². The van der Waals surface area contributed by atoms with Crippen LogP contribution in [0.5, 0.6) is 0 Å². The van der Waals surface area contributed by atoms with Crippen LogP contribution in [0.4, 0.5) is 13.2 Å². The Morgan fingerprint density at radius 3 is 2.91 bits per heavy atom. The number of carbonyl (C=O) groups is 1. The molecule has 4 rings (SSSR count). The molecule has 2 aromatic rings. The quantitative estimate of drug-likeness (QED) is 0.585. The Balaban J connectivity index is 1.43. The zero-order valence-corrected chi connectivity index (χ0v) is 19.7. The van der Waals surface area contributed by atoms with E-state index in [9.17, 15) is 28.2 Å². The number of thiophene rings is 1. The molecule has 2 aliphatic rings. The van der Waals surface area contributed by atoms with Gasteiger partial charge in [0.25, 0.3) is 0 Å². The SMILES string of the molecule is CCOC(=O)[C@H](O)Cn1cc(CN2CC[C@]3(C[C@@H]2C)OC[C@@H](O)c2cc(C(F)(F)F)sc23)cn1. The molecule has 0 bridgehead atoms. The molecule has 0 aromatic carbocycles. The molecule has 1 spiro atoms. The molecule has 1 saturated heterocycles. The number of hydrogen-bond acceptors (Lipinski definition) is 8. The van der Waals surface area contributed by atoms with Crippen molar-refractivity contribution in [1.82, 2.24) is 14.7 Å². The van der Waals surface area contributed by atoms with E-state index < -0.39 is 34.8 Å². The number of carbonyl (C=O) groups excluding carboxylic acids is 1. The predicted molar refractivity (Wildman–Crippen MR) is 116 cm³/mol. The van der Waals surface area contributed by atoms with Crippen molar-refractivity contribution in [2.45, 2.75) is 69.8 Å². The van der Waals surface area contributed by atoms with Gasteiger partial charge in [0.05, 0.1) is 26.0 Å². The second-order valence-corrected chi connectivity index (χ2v) is 9.88. The van der Waals surface area contributed by atoms with E-state index in [4.69, 9.17) is 9.47 Å². The maximum absolute atomic E-state index is 13.3. The number of likely N-dealkylation sites (tertiary alicyclic amines) is 1. The lowest BCUT2D eigenvalue weighted by atomic mass is 9.81. The van der Waals surface area contributed by atoms with E-state index in [0.29, 0.717) is 47.7 Å². The minimum absolute atomic E-state index is 0.00162. The van der Waals surface area contributed by atoms with Crippen LogP contribution in [0.25, 0.3) is 0 Å². The van der Waals surface area contributed by atoms with Crippen molar-refractivity contribution >= 4 is 17.3 Å². The summed E-state index contributed by atoms with van der Waals surface area (Å²) in [6, 6.07) is 1.06. The normalized spacial score (nSPS) is 26.4. The summed E-state index contributed by atoms with van der Waals surface area (Å²) in [4.78, 5) is 13.6. The van der Waals surface area contributed by atoms with Gasteiger partial charge in [-0.15, -0.1) is 11.3 Å². The van der Waals surface area contributed by atoms with Gasteiger partial charge in [0.1, 0.15) is 16.6 Å². The molecule has 2 aliphatic heterocycles. The predicted octanol–water partition coefficient (Wildman–Crippen LogP) is 2.83. The summed E-state index contributed by atoms with van der Waals surface area (Å²) in [6.07, 6.45) is -2.41. The highest BCUT2D eigenvalue weighted by atomic mass is 32.1. The molecule has 0 amide bonds.